The normalized spacial score (nSPS) is 39.3. The third kappa shape index (κ3) is 7.09. The van der Waals surface area contributed by atoms with Crippen LogP contribution >= 0.6 is 0 Å². The number of fused-ring (bicyclic) bond motifs is 5. The van der Waals surface area contributed by atoms with Gasteiger partial charge in [0.1, 0.15) is 23.9 Å². The summed E-state index contributed by atoms with van der Waals surface area (Å²) >= 11 is 0. The van der Waals surface area contributed by atoms with E-state index in [0.717, 1.165) is 64.2 Å². The molecule has 1 heterocycles. The molecule has 0 spiro atoms. The van der Waals surface area contributed by atoms with E-state index in [1.54, 1.807) is 26.0 Å². The number of ether oxygens (including phenoxy) is 3. The molecule has 2 unspecified atom stereocenters. The maximum atomic E-state index is 13.5. The summed E-state index contributed by atoms with van der Waals surface area (Å²) in [6, 6.07) is 0. The Morgan fingerprint density at radius 1 is 0.981 bits per heavy atom. The maximum absolute atomic E-state index is 13.5. The fraction of sp³-hybridized carbons (Fsp3) is 0.833. The van der Waals surface area contributed by atoms with Crippen molar-refractivity contribution in [3.8, 4) is 0 Å². The lowest BCUT2D eigenvalue weighted by molar-refractivity contribution is -0.950. The second kappa shape index (κ2) is 15.4. The largest absolute Gasteiger partial charge is 0.632 e. The molecule has 0 aromatic rings. The summed E-state index contributed by atoms with van der Waals surface area (Å²) in [5, 5.41) is 48.1. The van der Waals surface area contributed by atoms with Crippen LogP contribution in [0.5, 0.6) is 0 Å². The quantitative estimate of drug-likeness (QED) is 0.0687. The third-order valence-electron chi connectivity index (χ3n) is 14.0. The Labute approximate surface area is 316 Å². The zero-order valence-electron chi connectivity index (χ0n) is 33.6. The van der Waals surface area contributed by atoms with Gasteiger partial charge in [-0.1, -0.05) is 91.2 Å². The van der Waals surface area contributed by atoms with Gasteiger partial charge >= 0.3 is 11.9 Å². The first kappa shape index (κ1) is 42.0. The molecule has 11 nitrogen and oxygen atoms in total. The lowest BCUT2D eigenvalue weighted by Gasteiger charge is -2.53. The Balaban J connectivity index is 1.12. The predicted molar refractivity (Wildman–Crippen MR) is 199 cm³/mol. The number of carbonyl (C=O) groups is 3. The summed E-state index contributed by atoms with van der Waals surface area (Å²) in [6.07, 6.45) is 14.3. The number of aliphatic hydroxyl groups is 3. The van der Waals surface area contributed by atoms with E-state index in [1.807, 2.05) is 34.6 Å². The molecule has 0 radical (unpaired) electrons. The van der Waals surface area contributed by atoms with Crippen LogP contribution in [0.3, 0.4) is 0 Å². The fourth-order valence-corrected chi connectivity index (χ4v) is 11.0. The average Bonchev–Trinajstić information content (AvgIpc) is 3.39. The zero-order valence-corrected chi connectivity index (χ0v) is 33.6. The Bertz CT molecular complexity index is 1450. The minimum absolute atomic E-state index is 0.123. The number of rotatable bonds is 17. The van der Waals surface area contributed by atoms with Crippen molar-refractivity contribution in [2.45, 2.75) is 179 Å². The summed E-state index contributed by atoms with van der Waals surface area (Å²) in [5.41, 5.74) is -5.81. The molecule has 300 valence electrons. The molecule has 4 aliphatic carbocycles. The molecule has 1 saturated heterocycles. The lowest BCUT2D eigenvalue weighted by Crippen LogP contribution is -3.20. The van der Waals surface area contributed by atoms with Crippen LogP contribution in [0.2, 0.25) is 0 Å². The topological polar surface area (TPSA) is 167 Å². The number of esters is 2. The van der Waals surface area contributed by atoms with Gasteiger partial charge in [-0.2, -0.15) is 0 Å². The van der Waals surface area contributed by atoms with Gasteiger partial charge in [-0.3, -0.25) is 14.4 Å². The van der Waals surface area contributed by atoms with Gasteiger partial charge in [-0.15, -0.1) is 0 Å². The van der Waals surface area contributed by atoms with Crippen LogP contribution in [0.4, 0.5) is 0 Å². The van der Waals surface area contributed by atoms with Gasteiger partial charge < -0.3 is 39.8 Å². The first-order valence-corrected chi connectivity index (χ1v) is 20.4. The molecular formula is C42H67NO10. The highest BCUT2D eigenvalue weighted by Gasteiger charge is 2.87. The van der Waals surface area contributed by atoms with E-state index in [-0.39, 0.29) is 23.4 Å². The number of carbonyl (C=O) groups excluding carboxylic acids is 3. The molecule has 5 aliphatic rings. The van der Waals surface area contributed by atoms with Crippen LogP contribution in [-0.2, 0) is 28.6 Å². The van der Waals surface area contributed by atoms with Crippen molar-refractivity contribution >= 4 is 17.7 Å². The summed E-state index contributed by atoms with van der Waals surface area (Å²) in [7, 11) is 0. The number of nitrogens with one attached hydrogen (secondary N) is 1. The monoisotopic (exact) mass is 745 g/mol. The SMILES string of the molecule is CCC1(CCCCCCCCCCCCC(=O)O[C@@H]2[C@@H](C)[C@@]3(O)[C@@H](C=C(CO)C[C@]4(O)C(=O)C(C)=C[C@@H]34)[C@@H]3C(C)(C)[C@]23OC(C)=O)OCC(C)(C)[NH+]1[O-]. The van der Waals surface area contributed by atoms with Gasteiger partial charge in [0.15, 0.2) is 11.4 Å². The number of hydrogen-bond acceptors (Lipinski definition) is 10. The smallest absolute Gasteiger partial charge is 0.306 e. The number of unbranched alkanes of at least 4 members (excludes halogenated alkanes) is 9. The molecule has 2 saturated carbocycles. The van der Waals surface area contributed by atoms with Crippen LogP contribution in [-0.4, -0.2) is 80.4 Å². The number of ketones is 1. The second-order valence-corrected chi connectivity index (χ2v) is 18.3. The predicted octanol–water partition coefficient (Wildman–Crippen LogP) is 5.03. The van der Waals surface area contributed by atoms with Crippen LogP contribution in [0, 0.1) is 34.3 Å². The first-order chi connectivity index (χ1) is 24.8. The molecule has 3 fully saturated rings. The van der Waals surface area contributed by atoms with Crippen LogP contribution in [0.25, 0.3) is 0 Å². The summed E-state index contributed by atoms with van der Waals surface area (Å²) in [5.74, 6) is -4.44. The van der Waals surface area contributed by atoms with Crippen LogP contribution < -0.4 is 5.06 Å². The van der Waals surface area contributed by atoms with E-state index in [1.165, 1.54) is 13.3 Å². The zero-order chi connectivity index (χ0) is 39.2. The Morgan fingerprint density at radius 2 is 1.57 bits per heavy atom. The highest BCUT2D eigenvalue weighted by Crippen LogP contribution is 2.77. The minimum Gasteiger partial charge on any atom is -0.632 e. The van der Waals surface area contributed by atoms with E-state index in [4.69, 9.17) is 14.2 Å². The van der Waals surface area contributed by atoms with E-state index in [9.17, 15) is 34.9 Å². The van der Waals surface area contributed by atoms with Crippen molar-refractivity contribution in [3.05, 3.63) is 28.5 Å². The minimum atomic E-state index is -1.95. The number of hydroxylamine groups is 2. The highest BCUT2D eigenvalue weighted by atomic mass is 16.6. The molecule has 0 bridgehead atoms. The number of quaternary nitrogens is 1. The average molecular weight is 746 g/mol. The summed E-state index contributed by atoms with van der Waals surface area (Å²) < 4.78 is 18.4. The first-order valence-electron chi connectivity index (χ1n) is 20.4. The van der Waals surface area contributed by atoms with Gasteiger partial charge in [-0.05, 0) is 44.8 Å². The molecule has 0 aromatic heterocycles. The second-order valence-electron chi connectivity index (χ2n) is 18.3. The van der Waals surface area contributed by atoms with Crippen molar-refractivity contribution in [1.29, 1.82) is 0 Å². The van der Waals surface area contributed by atoms with Crippen molar-refractivity contribution in [2.24, 2.45) is 29.1 Å². The maximum Gasteiger partial charge on any atom is 0.306 e. The van der Waals surface area contributed by atoms with Gasteiger partial charge in [0.2, 0.25) is 5.72 Å². The molecule has 11 heteroatoms. The van der Waals surface area contributed by atoms with Gasteiger partial charge in [0.05, 0.1) is 12.2 Å². The van der Waals surface area contributed by atoms with Crippen molar-refractivity contribution in [3.63, 3.8) is 0 Å². The molecule has 10 atom stereocenters. The molecule has 0 aromatic carbocycles. The number of Topliss-reactive ketones (excluding diaryl/α,β-unsaturated/α-hetero) is 1. The Hall–Kier alpha value is -2.15. The van der Waals surface area contributed by atoms with Gasteiger partial charge in [0, 0.05) is 61.7 Å². The third-order valence-corrected chi connectivity index (χ3v) is 14.0. The molecule has 1 aliphatic heterocycles. The Kier molecular flexibility index (Phi) is 12.2. The van der Waals surface area contributed by atoms with E-state index >= 15 is 0 Å². The fourth-order valence-electron chi connectivity index (χ4n) is 11.0. The van der Waals surface area contributed by atoms with E-state index in [0.29, 0.717) is 24.2 Å². The highest BCUT2D eigenvalue weighted by molar-refractivity contribution is 6.04. The molecule has 5 rings (SSSR count). The molecular weight excluding hydrogens is 678 g/mol. The summed E-state index contributed by atoms with van der Waals surface area (Å²) in [4.78, 5) is 39.5. The lowest BCUT2D eigenvalue weighted by atomic mass is 9.59. The molecule has 0 amide bonds. The van der Waals surface area contributed by atoms with E-state index in [2.05, 4.69) is 0 Å². The van der Waals surface area contributed by atoms with Crippen LogP contribution in [0.15, 0.2) is 23.3 Å². The standard InChI is InChI=1S/C42H67NO10/c1-9-39(43(50)37(5,6)26-51-39)21-19-17-15-13-11-10-12-14-16-18-20-33(46)52-36-28(3)41(49)31(34-38(7,8)42(34,36)53-29(4)45)23-30(25-44)24-40(48)32(41)22-27(2)35(40)47/h22-23,28,31-32,34,36,43-44,48-49H,9-21,24-26H2,1-8H3/t28-,31+,32-,34-,36-,39?,40-,41-,42-/m1/s1. The number of aliphatic hydroxyl groups excluding tert-OH is 1. The molecule has 53 heavy (non-hydrogen) atoms. The van der Waals surface area contributed by atoms with Gasteiger partial charge in [0.25, 0.3) is 0 Å². The van der Waals surface area contributed by atoms with Crippen LogP contribution in [0.1, 0.15) is 145 Å². The van der Waals surface area contributed by atoms with Crippen molar-refractivity contribution in [1.82, 2.24) is 0 Å². The van der Waals surface area contributed by atoms with Crippen molar-refractivity contribution < 1.29 is 49.0 Å². The summed E-state index contributed by atoms with van der Waals surface area (Å²) in [6.45, 7) is 14.7. The Morgan fingerprint density at radius 3 is 2.09 bits per heavy atom. The van der Waals surface area contributed by atoms with Crippen molar-refractivity contribution in [2.75, 3.05) is 13.2 Å². The molecule has 4 N–H and O–H groups in total. The van der Waals surface area contributed by atoms with Gasteiger partial charge in [-0.25, -0.2) is 0 Å². The van der Waals surface area contributed by atoms with E-state index < -0.39 is 82.0 Å². The number of hydrogen-bond donors (Lipinski definition) is 4.